The quantitative estimate of drug-likeness (QED) is 0.739. The highest BCUT2D eigenvalue weighted by atomic mass is 19.1. The molecule has 0 aliphatic carbocycles. The fourth-order valence-corrected chi connectivity index (χ4v) is 1.32. The second kappa shape index (κ2) is 4.20. The lowest BCUT2D eigenvalue weighted by Gasteiger charge is -2.07. The van der Waals surface area contributed by atoms with Gasteiger partial charge in [-0.3, -0.25) is 0 Å². The van der Waals surface area contributed by atoms with Crippen molar-refractivity contribution in [2.24, 2.45) is 0 Å². The van der Waals surface area contributed by atoms with Gasteiger partial charge >= 0.3 is 0 Å². The third-order valence-corrected chi connectivity index (χ3v) is 1.90. The lowest BCUT2D eigenvalue weighted by atomic mass is 10.3. The van der Waals surface area contributed by atoms with E-state index in [1.54, 1.807) is 0 Å². The average molecular weight is 237 g/mol. The standard InChI is InChI=1S/C10H9F2N5/c11-5-1-6(12)3-7(2-5)15-9-4-8(13)16-10(14)17-9/h1-4H,(H5,13,14,15,16,17). The van der Waals surface area contributed by atoms with Crippen LogP contribution in [0.5, 0.6) is 0 Å². The molecule has 88 valence electrons. The third kappa shape index (κ3) is 2.77. The fourth-order valence-electron chi connectivity index (χ4n) is 1.32. The van der Waals surface area contributed by atoms with E-state index < -0.39 is 11.6 Å². The third-order valence-electron chi connectivity index (χ3n) is 1.90. The normalized spacial score (nSPS) is 10.2. The van der Waals surface area contributed by atoms with E-state index in [-0.39, 0.29) is 23.3 Å². The van der Waals surface area contributed by atoms with Crippen LogP contribution in [-0.4, -0.2) is 9.97 Å². The molecule has 5 nitrogen and oxygen atoms in total. The van der Waals surface area contributed by atoms with E-state index in [4.69, 9.17) is 11.5 Å². The van der Waals surface area contributed by atoms with Crippen molar-refractivity contribution in [2.45, 2.75) is 0 Å². The first-order valence-corrected chi connectivity index (χ1v) is 4.66. The van der Waals surface area contributed by atoms with Gasteiger partial charge in [-0.25, -0.2) is 8.78 Å². The fraction of sp³-hybridized carbons (Fsp3) is 0. The maximum atomic E-state index is 12.9. The van der Waals surface area contributed by atoms with E-state index in [9.17, 15) is 8.78 Å². The summed E-state index contributed by atoms with van der Waals surface area (Å²) in [6, 6.07) is 4.42. The van der Waals surface area contributed by atoms with Crippen LogP contribution in [0, 0.1) is 11.6 Å². The summed E-state index contributed by atoms with van der Waals surface area (Å²) in [7, 11) is 0. The van der Waals surface area contributed by atoms with Gasteiger partial charge in [-0.1, -0.05) is 0 Å². The van der Waals surface area contributed by atoms with Gasteiger partial charge in [0.15, 0.2) is 0 Å². The van der Waals surface area contributed by atoms with Gasteiger partial charge in [-0.2, -0.15) is 9.97 Å². The van der Waals surface area contributed by atoms with Crippen LogP contribution in [0.4, 0.5) is 32.1 Å². The van der Waals surface area contributed by atoms with Crippen LogP contribution in [0.3, 0.4) is 0 Å². The highest BCUT2D eigenvalue weighted by Crippen LogP contribution is 2.19. The minimum Gasteiger partial charge on any atom is -0.383 e. The number of rotatable bonds is 2. The summed E-state index contributed by atoms with van der Waals surface area (Å²) >= 11 is 0. The van der Waals surface area contributed by atoms with Crippen molar-refractivity contribution >= 4 is 23.3 Å². The Labute approximate surface area is 95.5 Å². The largest absolute Gasteiger partial charge is 0.383 e. The van der Waals surface area contributed by atoms with E-state index in [2.05, 4.69) is 15.3 Å². The molecule has 5 N–H and O–H groups in total. The van der Waals surface area contributed by atoms with Gasteiger partial charge in [0.05, 0.1) is 0 Å². The number of benzene rings is 1. The summed E-state index contributed by atoms with van der Waals surface area (Å²) in [6.45, 7) is 0. The first-order valence-electron chi connectivity index (χ1n) is 4.66. The number of aromatic nitrogens is 2. The molecule has 2 aromatic rings. The average Bonchev–Trinajstić information content (AvgIpc) is 2.13. The zero-order chi connectivity index (χ0) is 12.4. The topological polar surface area (TPSA) is 89.8 Å². The summed E-state index contributed by atoms with van der Waals surface area (Å²) in [5.74, 6) is -0.980. The Bertz CT molecular complexity index is 468. The molecule has 0 unspecified atom stereocenters. The molecular weight excluding hydrogens is 228 g/mol. The highest BCUT2D eigenvalue weighted by molar-refractivity contribution is 5.59. The van der Waals surface area contributed by atoms with Gasteiger partial charge in [0, 0.05) is 17.8 Å². The first-order chi connectivity index (χ1) is 8.02. The van der Waals surface area contributed by atoms with Gasteiger partial charge in [0.25, 0.3) is 0 Å². The molecule has 0 spiro atoms. The Morgan fingerprint density at radius 2 is 1.59 bits per heavy atom. The summed E-state index contributed by atoms with van der Waals surface area (Å²) in [4.78, 5) is 7.49. The summed E-state index contributed by atoms with van der Waals surface area (Å²) < 4.78 is 25.9. The Morgan fingerprint density at radius 3 is 2.18 bits per heavy atom. The number of hydrogen-bond acceptors (Lipinski definition) is 5. The minimum absolute atomic E-state index is 0.0237. The molecule has 7 heteroatoms. The molecule has 0 fully saturated rings. The highest BCUT2D eigenvalue weighted by Gasteiger charge is 2.03. The van der Waals surface area contributed by atoms with Crippen molar-refractivity contribution in [2.75, 3.05) is 16.8 Å². The molecule has 0 amide bonds. The number of nitrogens with one attached hydrogen (secondary N) is 1. The molecule has 0 atom stereocenters. The Balaban J connectivity index is 2.31. The Kier molecular flexibility index (Phi) is 2.73. The number of nitrogen functional groups attached to an aromatic ring is 2. The zero-order valence-electron chi connectivity index (χ0n) is 8.61. The van der Waals surface area contributed by atoms with Crippen LogP contribution in [-0.2, 0) is 0 Å². The molecule has 0 saturated heterocycles. The molecule has 0 saturated carbocycles. The smallest absolute Gasteiger partial charge is 0.223 e. The van der Waals surface area contributed by atoms with Gasteiger partial charge in [0.2, 0.25) is 5.95 Å². The molecule has 0 aliphatic rings. The van der Waals surface area contributed by atoms with Crippen molar-refractivity contribution in [1.29, 1.82) is 0 Å². The van der Waals surface area contributed by atoms with E-state index >= 15 is 0 Å². The van der Waals surface area contributed by atoms with Gasteiger partial charge in [0.1, 0.15) is 23.3 Å². The maximum Gasteiger partial charge on any atom is 0.223 e. The van der Waals surface area contributed by atoms with Crippen molar-refractivity contribution < 1.29 is 8.78 Å². The predicted octanol–water partition coefficient (Wildman–Crippen LogP) is 1.66. The number of halogens is 2. The molecule has 17 heavy (non-hydrogen) atoms. The van der Waals surface area contributed by atoms with Crippen molar-refractivity contribution in [3.8, 4) is 0 Å². The van der Waals surface area contributed by atoms with E-state index in [1.165, 1.54) is 6.07 Å². The second-order valence-electron chi connectivity index (χ2n) is 3.32. The van der Waals surface area contributed by atoms with Crippen molar-refractivity contribution in [1.82, 2.24) is 9.97 Å². The molecular formula is C10H9F2N5. The van der Waals surface area contributed by atoms with Gasteiger partial charge in [-0.15, -0.1) is 0 Å². The van der Waals surface area contributed by atoms with E-state index in [1.807, 2.05) is 0 Å². The number of nitrogens with two attached hydrogens (primary N) is 2. The lowest BCUT2D eigenvalue weighted by Crippen LogP contribution is -2.03. The zero-order valence-corrected chi connectivity index (χ0v) is 8.61. The predicted molar refractivity (Wildman–Crippen MR) is 60.5 cm³/mol. The summed E-state index contributed by atoms with van der Waals surface area (Å²) in [5.41, 5.74) is 11.0. The monoisotopic (exact) mass is 237 g/mol. The second-order valence-corrected chi connectivity index (χ2v) is 3.32. The molecule has 1 aromatic heterocycles. The number of hydrogen-bond donors (Lipinski definition) is 3. The number of nitrogens with zero attached hydrogens (tertiary/aromatic N) is 2. The van der Waals surface area contributed by atoms with Crippen LogP contribution in [0.25, 0.3) is 0 Å². The van der Waals surface area contributed by atoms with Crippen LogP contribution < -0.4 is 16.8 Å². The molecule has 0 radical (unpaired) electrons. The Morgan fingerprint density at radius 1 is 0.941 bits per heavy atom. The van der Waals surface area contributed by atoms with Crippen LogP contribution in [0.1, 0.15) is 0 Å². The van der Waals surface area contributed by atoms with Crippen molar-refractivity contribution in [3.05, 3.63) is 35.9 Å². The molecule has 0 aliphatic heterocycles. The van der Waals surface area contributed by atoms with Crippen molar-refractivity contribution in [3.63, 3.8) is 0 Å². The SMILES string of the molecule is Nc1cc(Nc2cc(F)cc(F)c2)nc(N)n1. The first kappa shape index (κ1) is 11.1. The van der Waals surface area contributed by atoms with Gasteiger partial charge in [-0.05, 0) is 12.1 Å². The Hall–Kier alpha value is -2.44. The minimum atomic E-state index is -0.692. The summed E-state index contributed by atoms with van der Waals surface area (Å²) in [5, 5.41) is 2.68. The van der Waals surface area contributed by atoms with Crippen LogP contribution >= 0.6 is 0 Å². The molecule has 1 heterocycles. The number of anilines is 4. The lowest BCUT2D eigenvalue weighted by molar-refractivity contribution is 0.584. The molecule has 0 bridgehead atoms. The van der Waals surface area contributed by atoms with Crippen LogP contribution in [0.2, 0.25) is 0 Å². The molecule has 2 rings (SSSR count). The van der Waals surface area contributed by atoms with Gasteiger partial charge < -0.3 is 16.8 Å². The maximum absolute atomic E-state index is 12.9. The molecule has 1 aromatic carbocycles. The van der Waals surface area contributed by atoms with E-state index in [0.29, 0.717) is 0 Å². The summed E-state index contributed by atoms with van der Waals surface area (Å²) in [6.07, 6.45) is 0. The van der Waals surface area contributed by atoms with Crippen LogP contribution in [0.15, 0.2) is 24.3 Å². The van der Waals surface area contributed by atoms with E-state index in [0.717, 1.165) is 18.2 Å².